The highest BCUT2D eigenvalue weighted by molar-refractivity contribution is 5.74. The van der Waals surface area contributed by atoms with E-state index in [9.17, 15) is 4.79 Å². The fourth-order valence-electron chi connectivity index (χ4n) is 1.24. The fraction of sp³-hybridized carbons (Fsp3) is 0.875. The lowest BCUT2D eigenvalue weighted by Gasteiger charge is -2.19. The molecule has 0 unspecified atom stereocenters. The number of urea groups is 1. The predicted molar refractivity (Wildman–Crippen MR) is 49.5 cm³/mol. The van der Waals surface area contributed by atoms with Gasteiger partial charge in [-0.1, -0.05) is 0 Å². The maximum Gasteiger partial charge on any atom is 0.317 e. The van der Waals surface area contributed by atoms with Gasteiger partial charge in [0.25, 0.3) is 0 Å². The summed E-state index contributed by atoms with van der Waals surface area (Å²) in [4.78, 5) is 13.2. The third kappa shape index (κ3) is 3.61. The minimum absolute atomic E-state index is 0.0315. The van der Waals surface area contributed by atoms with E-state index in [0.717, 1.165) is 19.6 Å². The Morgan fingerprint density at radius 2 is 2.31 bits per heavy atom. The third-order valence-corrected chi connectivity index (χ3v) is 1.93. The van der Waals surface area contributed by atoms with Crippen LogP contribution in [0.2, 0.25) is 0 Å². The highest BCUT2D eigenvalue weighted by Crippen LogP contribution is 1.98. The Labute approximate surface area is 78.2 Å². The zero-order chi connectivity index (χ0) is 9.52. The van der Waals surface area contributed by atoms with Crippen molar-refractivity contribution in [3.8, 4) is 0 Å². The fourth-order valence-corrected chi connectivity index (χ4v) is 1.24. The van der Waals surface area contributed by atoms with Crippen molar-refractivity contribution in [2.75, 3.05) is 39.4 Å². The van der Waals surface area contributed by atoms with E-state index in [-0.39, 0.29) is 6.03 Å². The van der Waals surface area contributed by atoms with Gasteiger partial charge in [-0.25, -0.2) is 4.79 Å². The molecule has 0 aromatic carbocycles. The second-order valence-corrected chi connectivity index (χ2v) is 2.97. The summed E-state index contributed by atoms with van der Waals surface area (Å²) in [5.41, 5.74) is 5.28. The van der Waals surface area contributed by atoms with Gasteiger partial charge in [0.1, 0.15) is 0 Å². The molecular weight excluding hydrogens is 170 g/mol. The van der Waals surface area contributed by atoms with Gasteiger partial charge in [0.2, 0.25) is 0 Å². The Hall–Kier alpha value is -0.810. The smallest absolute Gasteiger partial charge is 0.317 e. The first kappa shape index (κ1) is 10.3. The second kappa shape index (κ2) is 5.77. The van der Waals surface area contributed by atoms with E-state index in [4.69, 9.17) is 10.5 Å². The maximum absolute atomic E-state index is 11.4. The van der Waals surface area contributed by atoms with E-state index >= 15 is 0 Å². The number of carbonyl (C=O) groups is 1. The molecule has 3 N–H and O–H groups in total. The Bertz CT molecular complexity index is 155. The second-order valence-electron chi connectivity index (χ2n) is 2.97. The van der Waals surface area contributed by atoms with Gasteiger partial charge in [-0.15, -0.1) is 0 Å². The molecule has 1 saturated heterocycles. The van der Waals surface area contributed by atoms with E-state index in [1.165, 1.54) is 0 Å². The molecule has 0 atom stereocenters. The summed E-state index contributed by atoms with van der Waals surface area (Å²) in [6.45, 7) is 3.86. The number of carbonyl (C=O) groups excluding carboxylic acids is 1. The number of ether oxygens (including phenoxy) is 1. The number of rotatable bonds is 2. The van der Waals surface area contributed by atoms with Gasteiger partial charge >= 0.3 is 6.03 Å². The number of hydrogen-bond acceptors (Lipinski definition) is 3. The minimum Gasteiger partial charge on any atom is -0.380 e. The van der Waals surface area contributed by atoms with Crippen molar-refractivity contribution in [1.29, 1.82) is 0 Å². The number of nitrogens with two attached hydrogens (primary N) is 1. The lowest BCUT2D eigenvalue weighted by molar-refractivity contribution is 0.142. The quantitative estimate of drug-likeness (QED) is 0.605. The van der Waals surface area contributed by atoms with Crippen molar-refractivity contribution < 1.29 is 9.53 Å². The molecule has 0 spiro atoms. The first-order chi connectivity index (χ1) is 6.34. The molecule has 0 aromatic heterocycles. The first-order valence-corrected chi connectivity index (χ1v) is 4.65. The standard InChI is InChI=1S/C8H17N3O2/c9-2-3-10-8(12)11-4-1-6-13-7-5-11/h1-7,9H2,(H,10,12). The van der Waals surface area contributed by atoms with Crippen LogP contribution in [0.1, 0.15) is 6.42 Å². The molecule has 1 aliphatic rings. The molecule has 0 bridgehead atoms. The normalized spacial score (nSPS) is 18.1. The average molecular weight is 187 g/mol. The van der Waals surface area contributed by atoms with Crippen LogP contribution in [0.25, 0.3) is 0 Å². The molecule has 0 aliphatic carbocycles. The summed E-state index contributed by atoms with van der Waals surface area (Å²) in [6.07, 6.45) is 0.913. The maximum atomic E-state index is 11.4. The van der Waals surface area contributed by atoms with Crippen LogP contribution >= 0.6 is 0 Å². The molecule has 1 heterocycles. The van der Waals surface area contributed by atoms with Crippen molar-refractivity contribution in [3.05, 3.63) is 0 Å². The Morgan fingerprint density at radius 3 is 3.08 bits per heavy atom. The van der Waals surface area contributed by atoms with Crippen LogP contribution < -0.4 is 11.1 Å². The molecular formula is C8H17N3O2. The van der Waals surface area contributed by atoms with Crippen LogP contribution in [-0.4, -0.2) is 50.3 Å². The van der Waals surface area contributed by atoms with E-state index in [1.807, 2.05) is 0 Å². The van der Waals surface area contributed by atoms with Crippen molar-refractivity contribution in [3.63, 3.8) is 0 Å². The Balaban J connectivity index is 2.26. The number of hydrogen-bond donors (Lipinski definition) is 2. The van der Waals surface area contributed by atoms with Crippen LogP contribution in [0.3, 0.4) is 0 Å². The molecule has 5 nitrogen and oxygen atoms in total. The number of nitrogens with zero attached hydrogens (tertiary/aromatic N) is 1. The van der Waals surface area contributed by atoms with Crippen LogP contribution in [0.5, 0.6) is 0 Å². The Morgan fingerprint density at radius 1 is 1.46 bits per heavy atom. The summed E-state index contributed by atoms with van der Waals surface area (Å²) >= 11 is 0. The molecule has 1 rings (SSSR count). The Kier molecular flexibility index (Phi) is 4.56. The zero-order valence-corrected chi connectivity index (χ0v) is 7.79. The largest absolute Gasteiger partial charge is 0.380 e. The monoisotopic (exact) mass is 187 g/mol. The summed E-state index contributed by atoms with van der Waals surface area (Å²) < 4.78 is 5.23. The SMILES string of the molecule is NCCNC(=O)N1CCCOCC1. The van der Waals surface area contributed by atoms with E-state index in [0.29, 0.717) is 26.2 Å². The zero-order valence-electron chi connectivity index (χ0n) is 7.79. The van der Waals surface area contributed by atoms with E-state index in [2.05, 4.69) is 5.32 Å². The van der Waals surface area contributed by atoms with Crippen LogP contribution in [0.15, 0.2) is 0 Å². The summed E-state index contributed by atoms with van der Waals surface area (Å²) in [5, 5.41) is 2.74. The van der Waals surface area contributed by atoms with Gasteiger partial charge in [-0.3, -0.25) is 0 Å². The molecule has 0 radical (unpaired) electrons. The molecule has 76 valence electrons. The highest BCUT2D eigenvalue weighted by Gasteiger charge is 2.14. The summed E-state index contributed by atoms with van der Waals surface area (Å²) in [5.74, 6) is 0. The molecule has 5 heteroatoms. The molecule has 0 aromatic rings. The van der Waals surface area contributed by atoms with Crippen molar-refractivity contribution in [2.45, 2.75) is 6.42 Å². The predicted octanol–water partition coefficient (Wildman–Crippen LogP) is -0.623. The summed E-state index contributed by atoms with van der Waals surface area (Å²) in [6, 6.07) is -0.0315. The molecule has 0 saturated carbocycles. The first-order valence-electron chi connectivity index (χ1n) is 4.65. The highest BCUT2D eigenvalue weighted by atomic mass is 16.5. The van der Waals surface area contributed by atoms with Gasteiger partial charge in [0.15, 0.2) is 0 Å². The van der Waals surface area contributed by atoms with Crippen molar-refractivity contribution in [1.82, 2.24) is 10.2 Å². The topological polar surface area (TPSA) is 67.6 Å². The minimum atomic E-state index is -0.0315. The number of nitrogens with one attached hydrogen (secondary N) is 1. The van der Waals surface area contributed by atoms with Gasteiger partial charge < -0.3 is 20.7 Å². The number of amides is 2. The van der Waals surface area contributed by atoms with Crippen LogP contribution in [0, 0.1) is 0 Å². The summed E-state index contributed by atoms with van der Waals surface area (Å²) in [7, 11) is 0. The van der Waals surface area contributed by atoms with Crippen LogP contribution in [-0.2, 0) is 4.74 Å². The van der Waals surface area contributed by atoms with Gasteiger partial charge in [-0.2, -0.15) is 0 Å². The van der Waals surface area contributed by atoms with Gasteiger partial charge in [0, 0.05) is 32.8 Å². The molecule has 1 fully saturated rings. The van der Waals surface area contributed by atoms with Gasteiger partial charge in [-0.05, 0) is 6.42 Å². The van der Waals surface area contributed by atoms with Crippen LogP contribution in [0.4, 0.5) is 4.79 Å². The van der Waals surface area contributed by atoms with E-state index in [1.54, 1.807) is 4.90 Å². The molecule has 1 aliphatic heterocycles. The lowest BCUT2D eigenvalue weighted by atomic mass is 10.4. The molecule has 2 amide bonds. The third-order valence-electron chi connectivity index (χ3n) is 1.93. The van der Waals surface area contributed by atoms with Crippen molar-refractivity contribution in [2.24, 2.45) is 5.73 Å². The lowest BCUT2D eigenvalue weighted by Crippen LogP contribution is -2.42. The van der Waals surface area contributed by atoms with E-state index < -0.39 is 0 Å². The average Bonchev–Trinajstić information content (AvgIpc) is 2.42. The van der Waals surface area contributed by atoms with Gasteiger partial charge in [0.05, 0.1) is 6.61 Å². The molecule has 13 heavy (non-hydrogen) atoms. The van der Waals surface area contributed by atoms with Crippen molar-refractivity contribution >= 4 is 6.03 Å².